The van der Waals surface area contributed by atoms with Crippen LogP contribution in [0.4, 0.5) is 0 Å². The number of imidazole rings is 1. The number of hydrogen-bond donors (Lipinski definition) is 1. The van der Waals surface area contributed by atoms with Gasteiger partial charge in [-0.2, -0.15) is 0 Å². The van der Waals surface area contributed by atoms with E-state index in [4.69, 9.17) is 11.6 Å². The number of hydrogen-bond acceptors (Lipinski definition) is 3. The number of nitrogens with zero attached hydrogens (tertiary/aromatic N) is 2. The Balaban J connectivity index is 1.28. The zero-order valence-corrected chi connectivity index (χ0v) is 20.3. The lowest BCUT2D eigenvalue weighted by Gasteiger charge is -2.10. The molecule has 0 aliphatic rings. The number of carbonyl (C=O) groups excluding carboxylic acids is 2. The van der Waals surface area contributed by atoms with Crippen LogP contribution in [0, 0.1) is 0 Å². The predicted molar refractivity (Wildman–Crippen MR) is 143 cm³/mol. The number of rotatable bonds is 8. The monoisotopic (exact) mass is 493 g/mol. The first-order valence-electron chi connectivity index (χ1n) is 11.7. The molecule has 5 nitrogen and oxygen atoms in total. The lowest BCUT2D eigenvalue weighted by Crippen LogP contribution is -2.27. The van der Waals surface area contributed by atoms with Crippen molar-refractivity contribution in [3.63, 3.8) is 0 Å². The molecule has 0 spiro atoms. The van der Waals surface area contributed by atoms with E-state index in [-0.39, 0.29) is 31.2 Å². The van der Waals surface area contributed by atoms with E-state index in [0.29, 0.717) is 16.4 Å². The molecule has 178 valence electrons. The van der Waals surface area contributed by atoms with Crippen molar-refractivity contribution in [3.05, 3.63) is 125 Å². The van der Waals surface area contributed by atoms with Crippen LogP contribution in [-0.2, 0) is 24.3 Å². The molecule has 0 saturated carbocycles. The van der Waals surface area contributed by atoms with Crippen molar-refractivity contribution in [1.82, 2.24) is 14.9 Å². The van der Waals surface area contributed by atoms with Crippen LogP contribution < -0.4 is 5.32 Å². The summed E-state index contributed by atoms with van der Waals surface area (Å²) in [5.41, 5.74) is 5.38. The Morgan fingerprint density at radius 2 is 1.44 bits per heavy atom. The van der Waals surface area contributed by atoms with Gasteiger partial charge in [-0.15, -0.1) is 0 Å². The van der Waals surface area contributed by atoms with Crippen molar-refractivity contribution >= 4 is 34.3 Å². The van der Waals surface area contributed by atoms with Gasteiger partial charge in [0.25, 0.3) is 0 Å². The average molecular weight is 494 g/mol. The smallest absolute Gasteiger partial charge is 0.224 e. The minimum Gasteiger partial charge on any atom is -0.349 e. The first-order chi connectivity index (χ1) is 17.6. The van der Waals surface area contributed by atoms with Gasteiger partial charge < -0.3 is 9.88 Å². The summed E-state index contributed by atoms with van der Waals surface area (Å²) in [6.07, 6.45) is 0.263. The fourth-order valence-electron chi connectivity index (χ4n) is 4.18. The van der Waals surface area contributed by atoms with Crippen LogP contribution >= 0.6 is 11.6 Å². The van der Waals surface area contributed by atoms with E-state index >= 15 is 0 Å². The Morgan fingerprint density at radius 1 is 0.778 bits per heavy atom. The van der Waals surface area contributed by atoms with Crippen LogP contribution in [0.3, 0.4) is 0 Å². The van der Waals surface area contributed by atoms with E-state index in [9.17, 15) is 9.59 Å². The van der Waals surface area contributed by atoms with E-state index in [2.05, 4.69) is 22.4 Å². The second kappa shape index (κ2) is 10.6. The molecule has 36 heavy (non-hydrogen) atoms. The SMILES string of the molecule is O=C(Cc1ccc(-c2ccccc2)cc1)NCc1nc2ccccc2n1CC(=O)c1ccc(Cl)cc1. The van der Waals surface area contributed by atoms with Gasteiger partial charge in [-0.05, 0) is 53.1 Å². The third-order valence-electron chi connectivity index (χ3n) is 6.07. The summed E-state index contributed by atoms with van der Waals surface area (Å²) >= 11 is 5.96. The summed E-state index contributed by atoms with van der Waals surface area (Å²) in [6.45, 7) is 0.345. The second-order valence-electron chi connectivity index (χ2n) is 8.55. The standard InChI is InChI=1S/C30H24ClN3O2/c31-25-16-14-24(15-17-25)28(35)20-34-27-9-5-4-8-26(27)33-29(34)19-32-30(36)18-21-10-12-23(13-11-21)22-6-2-1-3-7-22/h1-17H,18-20H2,(H,32,36). The molecule has 5 aromatic rings. The number of benzene rings is 4. The molecular weight excluding hydrogens is 470 g/mol. The number of fused-ring (bicyclic) bond motifs is 1. The normalized spacial score (nSPS) is 10.9. The van der Waals surface area contributed by atoms with E-state index in [0.717, 1.165) is 27.7 Å². The first-order valence-corrected chi connectivity index (χ1v) is 12.1. The molecule has 1 N–H and O–H groups in total. The molecule has 5 rings (SSSR count). The molecule has 0 unspecified atom stereocenters. The third-order valence-corrected chi connectivity index (χ3v) is 6.32. The van der Waals surface area contributed by atoms with Gasteiger partial charge in [0, 0.05) is 10.6 Å². The van der Waals surface area contributed by atoms with Crippen LogP contribution in [0.25, 0.3) is 22.2 Å². The van der Waals surface area contributed by atoms with Crippen LogP contribution in [0.2, 0.25) is 5.02 Å². The number of ketones is 1. The molecule has 6 heteroatoms. The summed E-state index contributed by atoms with van der Waals surface area (Å²) < 4.78 is 1.86. The largest absolute Gasteiger partial charge is 0.349 e. The fraction of sp³-hybridized carbons (Fsp3) is 0.100. The Hall–Kier alpha value is -4.22. The van der Waals surface area contributed by atoms with Gasteiger partial charge >= 0.3 is 0 Å². The summed E-state index contributed by atoms with van der Waals surface area (Å²) in [4.78, 5) is 30.3. The molecule has 0 aliphatic carbocycles. The maximum absolute atomic E-state index is 12.9. The number of Topliss-reactive ketones (excluding diaryl/α,β-unsaturated/α-hetero) is 1. The third kappa shape index (κ3) is 5.37. The van der Waals surface area contributed by atoms with Gasteiger partial charge in [0.05, 0.1) is 30.5 Å². The number of halogens is 1. The predicted octanol–water partition coefficient (Wildman–Crippen LogP) is 6.10. The van der Waals surface area contributed by atoms with Crippen molar-refractivity contribution in [2.75, 3.05) is 0 Å². The van der Waals surface area contributed by atoms with E-state index in [1.807, 2.05) is 71.3 Å². The minimum absolute atomic E-state index is 0.0547. The molecule has 1 amide bonds. The molecule has 0 atom stereocenters. The number of amides is 1. The summed E-state index contributed by atoms with van der Waals surface area (Å²) in [7, 11) is 0. The zero-order chi connectivity index (χ0) is 24.9. The van der Waals surface area contributed by atoms with E-state index in [1.165, 1.54) is 0 Å². The van der Waals surface area contributed by atoms with E-state index < -0.39 is 0 Å². The molecule has 0 fully saturated rings. The maximum atomic E-state index is 12.9. The highest BCUT2D eigenvalue weighted by molar-refractivity contribution is 6.30. The maximum Gasteiger partial charge on any atom is 0.224 e. The van der Waals surface area contributed by atoms with Crippen LogP contribution in [-0.4, -0.2) is 21.2 Å². The van der Waals surface area contributed by atoms with Gasteiger partial charge in [0.1, 0.15) is 5.82 Å². The van der Waals surface area contributed by atoms with Crippen molar-refractivity contribution in [1.29, 1.82) is 0 Å². The average Bonchev–Trinajstić information content (AvgIpc) is 3.26. The lowest BCUT2D eigenvalue weighted by atomic mass is 10.0. The Morgan fingerprint density at radius 3 is 2.19 bits per heavy atom. The van der Waals surface area contributed by atoms with Crippen molar-refractivity contribution in [3.8, 4) is 11.1 Å². The Kier molecular flexibility index (Phi) is 6.92. The van der Waals surface area contributed by atoms with Gasteiger partial charge in [0.15, 0.2) is 5.78 Å². The van der Waals surface area contributed by atoms with Crippen LogP contribution in [0.5, 0.6) is 0 Å². The number of aromatic nitrogens is 2. The molecule has 1 aromatic heterocycles. The number of para-hydroxylation sites is 2. The second-order valence-corrected chi connectivity index (χ2v) is 8.99. The van der Waals surface area contributed by atoms with Gasteiger partial charge in [-0.1, -0.05) is 78.3 Å². The Labute approximate surface area is 214 Å². The van der Waals surface area contributed by atoms with Gasteiger partial charge in [-0.25, -0.2) is 4.98 Å². The van der Waals surface area contributed by atoms with Gasteiger partial charge in [0.2, 0.25) is 5.91 Å². The summed E-state index contributed by atoms with van der Waals surface area (Å²) in [6, 6.07) is 32.6. The van der Waals surface area contributed by atoms with Crippen molar-refractivity contribution < 1.29 is 9.59 Å². The highest BCUT2D eigenvalue weighted by Gasteiger charge is 2.16. The van der Waals surface area contributed by atoms with E-state index in [1.54, 1.807) is 24.3 Å². The zero-order valence-electron chi connectivity index (χ0n) is 19.5. The quantitative estimate of drug-likeness (QED) is 0.266. The van der Waals surface area contributed by atoms with Crippen LogP contribution in [0.1, 0.15) is 21.7 Å². The Bertz CT molecular complexity index is 1510. The fourth-order valence-corrected chi connectivity index (χ4v) is 4.30. The molecular formula is C30H24ClN3O2. The minimum atomic E-state index is -0.106. The van der Waals surface area contributed by atoms with Gasteiger partial charge in [-0.3, -0.25) is 9.59 Å². The lowest BCUT2D eigenvalue weighted by molar-refractivity contribution is -0.120. The topological polar surface area (TPSA) is 64.0 Å². The van der Waals surface area contributed by atoms with Crippen molar-refractivity contribution in [2.45, 2.75) is 19.5 Å². The number of nitrogens with one attached hydrogen (secondary N) is 1. The molecule has 0 bridgehead atoms. The summed E-state index contributed by atoms with van der Waals surface area (Å²) in [5, 5.41) is 3.55. The molecule has 0 aliphatic heterocycles. The molecule has 1 heterocycles. The van der Waals surface area contributed by atoms with Crippen LogP contribution in [0.15, 0.2) is 103 Å². The molecule has 0 radical (unpaired) electrons. The molecule has 4 aromatic carbocycles. The number of carbonyl (C=O) groups is 2. The molecule has 0 saturated heterocycles. The highest BCUT2D eigenvalue weighted by Crippen LogP contribution is 2.20. The van der Waals surface area contributed by atoms with Crippen molar-refractivity contribution in [2.24, 2.45) is 0 Å². The highest BCUT2D eigenvalue weighted by atomic mass is 35.5. The summed E-state index contributed by atoms with van der Waals surface area (Å²) in [5.74, 6) is 0.470. The first kappa shape index (κ1) is 23.5.